The molecule has 3 aromatic rings. The van der Waals surface area contributed by atoms with E-state index in [-0.39, 0.29) is 10.6 Å². The lowest BCUT2D eigenvalue weighted by molar-refractivity contribution is 0.313. The maximum absolute atomic E-state index is 14.7. The molecule has 0 aliphatic carbocycles. The number of rotatable bonds is 5. The smallest absolute Gasteiger partial charge is 0.239 e. The second kappa shape index (κ2) is 10.6. The number of hydrogen-bond donors (Lipinski definition) is 0. The summed E-state index contributed by atoms with van der Waals surface area (Å²) in [6.07, 6.45) is 4.18. The van der Waals surface area contributed by atoms with Crippen LogP contribution >= 0.6 is 11.6 Å². The van der Waals surface area contributed by atoms with Gasteiger partial charge in [0.2, 0.25) is 5.88 Å². The number of aryl methyl sites for hydroxylation is 1. The fourth-order valence-electron chi connectivity index (χ4n) is 4.89. The lowest BCUT2D eigenvalue weighted by atomic mass is 10.1. The van der Waals surface area contributed by atoms with Crippen molar-refractivity contribution in [3.8, 4) is 11.6 Å². The highest BCUT2D eigenvalue weighted by molar-refractivity contribution is 6.31. The van der Waals surface area contributed by atoms with Crippen LogP contribution in [0, 0.1) is 11.6 Å². The predicted molar refractivity (Wildman–Crippen MR) is 138 cm³/mol. The van der Waals surface area contributed by atoms with Crippen LogP contribution in [0.1, 0.15) is 37.1 Å². The van der Waals surface area contributed by atoms with Crippen LogP contribution < -0.4 is 14.5 Å². The molecule has 1 atom stereocenters. The highest BCUT2D eigenvalue weighted by atomic mass is 35.5. The zero-order valence-corrected chi connectivity index (χ0v) is 21.3. The van der Waals surface area contributed by atoms with Gasteiger partial charge in [0.05, 0.1) is 23.0 Å². The van der Waals surface area contributed by atoms with Gasteiger partial charge in [0.15, 0.2) is 5.82 Å². The fraction of sp³-hybridized carbons (Fsp3) is 0.407. The number of benzene rings is 2. The molecule has 0 radical (unpaired) electrons. The van der Waals surface area contributed by atoms with Crippen LogP contribution in [0.5, 0.6) is 11.6 Å². The van der Waals surface area contributed by atoms with E-state index in [9.17, 15) is 8.78 Å². The lowest BCUT2D eigenvalue weighted by Gasteiger charge is -2.34. The maximum Gasteiger partial charge on any atom is 0.239 e. The zero-order valence-electron chi connectivity index (χ0n) is 20.6. The van der Waals surface area contributed by atoms with E-state index >= 15 is 0 Å². The highest BCUT2D eigenvalue weighted by Crippen LogP contribution is 2.37. The van der Waals surface area contributed by atoms with Crippen LogP contribution in [0.25, 0.3) is 0 Å². The number of likely N-dealkylation sites (N-methyl/N-ethyl adjacent to an activating group) is 1. The summed E-state index contributed by atoms with van der Waals surface area (Å²) in [4.78, 5) is 16.0. The fourth-order valence-corrected chi connectivity index (χ4v) is 5.20. The van der Waals surface area contributed by atoms with Gasteiger partial charge in [-0.05, 0) is 69.6 Å². The first kappa shape index (κ1) is 24.7. The number of nitrogens with zero attached hydrogens (tertiary/aromatic N) is 5. The van der Waals surface area contributed by atoms with Gasteiger partial charge in [0.25, 0.3) is 0 Å². The van der Waals surface area contributed by atoms with Gasteiger partial charge in [-0.25, -0.2) is 8.78 Å². The largest absolute Gasteiger partial charge is 0.437 e. The van der Waals surface area contributed by atoms with Crippen molar-refractivity contribution in [1.29, 1.82) is 0 Å². The van der Waals surface area contributed by atoms with Crippen LogP contribution in [-0.4, -0.2) is 54.6 Å². The van der Waals surface area contributed by atoms with Crippen LogP contribution in [0.2, 0.25) is 5.02 Å². The van der Waals surface area contributed by atoms with E-state index in [1.165, 1.54) is 0 Å². The molecule has 1 aromatic heterocycles. The molecule has 9 heteroatoms. The van der Waals surface area contributed by atoms with Crippen molar-refractivity contribution >= 4 is 23.1 Å². The monoisotopic (exact) mass is 513 g/mol. The van der Waals surface area contributed by atoms with Gasteiger partial charge in [0.1, 0.15) is 17.4 Å². The second-order valence-corrected chi connectivity index (χ2v) is 9.83. The molecule has 2 aliphatic heterocycles. The van der Waals surface area contributed by atoms with Crippen molar-refractivity contribution < 1.29 is 13.5 Å². The van der Waals surface area contributed by atoms with Gasteiger partial charge < -0.3 is 19.4 Å². The van der Waals surface area contributed by atoms with E-state index in [1.807, 2.05) is 24.0 Å². The number of halogens is 3. The summed E-state index contributed by atoms with van der Waals surface area (Å²) in [5.74, 6) is 0.450. The molecule has 1 fully saturated rings. The molecule has 1 saturated heterocycles. The maximum atomic E-state index is 14.7. The summed E-state index contributed by atoms with van der Waals surface area (Å²) in [5, 5.41) is -0.200. The lowest BCUT2D eigenvalue weighted by Crippen LogP contribution is -2.44. The average molecular weight is 514 g/mol. The number of anilines is 2. The van der Waals surface area contributed by atoms with Gasteiger partial charge in [-0.2, -0.15) is 4.98 Å². The third-order valence-corrected chi connectivity index (χ3v) is 7.42. The minimum Gasteiger partial charge on any atom is -0.437 e. The van der Waals surface area contributed by atoms with Gasteiger partial charge in [-0.1, -0.05) is 11.6 Å². The van der Waals surface area contributed by atoms with Crippen molar-refractivity contribution in [3.05, 3.63) is 70.5 Å². The number of hydrogen-bond acceptors (Lipinski definition) is 6. The molecule has 6 nitrogen and oxygen atoms in total. The molecular weight excluding hydrogens is 484 g/mol. The minimum absolute atomic E-state index is 0.122. The van der Waals surface area contributed by atoms with Gasteiger partial charge >= 0.3 is 0 Å². The topological polar surface area (TPSA) is 44.7 Å². The van der Waals surface area contributed by atoms with Crippen LogP contribution in [0.4, 0.5) is 20.3 Å². The van der Waals surface area contributed by atoms with Crippen LogP contribution in [0.3, 0.4) is 0 Å². The molecule has 0 amide bonds. The quantitative estimate of drug-likeness (QED) is 0.398. The summed E-state index contributed by atoms with van der Waals surface area (Å²) in [6, 6.07) is 9.61. The summed E-state index contributed by atoms with van der Waals surface area (Å²) < 4.78 is 34.9. The third-order valence-electron chi connectivity index (χ3n) is 7.03. The Morgan fingerprint density at radius 3 is 2.42 bits per heavy atom. The predicted octanol–water partition coefficient (Wildman–Crippen LogP) is 5.86. The molecule has 0 spiro atoms. The molecule has 2 aromatic carbocycles. The Morgan fingerprint density at radius 1 is 0.944 bits per heavy atom. The van der Waals surface area contributed by atoms with Crippen molar-refractivity contribution in [1.82, 2.24) is 14.9 Å². The van der Waals surface area contributed by atoms with E-state index in [2.05, 4.69) is 34.0 Å². The normalized spacial score (nSPS) is 17.5. The van der Waals surface area contributed by atoms with Gasteiger partial charge in [-0.15, -0.1) is 0 Å². The summed E-state index contributed by atoms with van der Waals surface area (Å²) in [7, 11) is 2.14. The molecule has 3 heterocycles. The van der Waals surface area contributed by atoms with Crippen molar-refractivity contribution in [2.75, 3.05) is 49.6 Å². The Bertz CT molecular complexity index is 1220. The SMILES string of the molecule is CC(c1c(F)ccc(F)c1Cl)N1CCCCc2ncc(Oc3ccc(N4CCN(C)CC4)cc3)nc21. The first-order valence-corrected chi connectivity index (χ1v) is 12.8. The van der Waals surface area contributed by atoms with Crippen LogP contribution in [0.15, 0.2) is 42.6 Å². The molecule has 0 saturated carbocycles. The third kappa shape index (κ3) is 5.11. The Labute approximate surface area is 215 Å². The van der Waals surface area contributed by atoms with E-state index in [1.54, 1.807) is 6.20 Å². The summed E-state index contributed by atoms with van der Waals surface area (Å²) in [5.41, 5.74) is 2.10. The Balaban J connectivity index is 1.38. The summed E-state index contributed by atoms with van der Waals surface area (Å²) in [6.45, 7) is 6.52. The van der Waals surface area contributed by atoms with Crippen molar-refractivity contribution in [3.63, 3.8) is 0 Å². The van der Waals surface area contributed by atoms with Crippen molar-refractivity contribution in [2.24, 2.45) is 0 Å². The van der Waals surface area contributed by atoms with Gasteiger partial charge in [0, 0.05) is 44.0 Å². The minimum atomic E-state index is -0.641. The molecule has 0 N–H and O–H groups in total. The number of aromatic nitrogens is 2. The number of fused-ring (bicyclic) bond motifs is 1. The summed E-state index contributed by atoms with van der Waals surface area (Å²) >= 11 is 6.19. The molecule has 5 rings (SSSR count). The standard InChI is InChI=1S/C27H30ClF2N5O/c1-18(25-21(29)10-11-22(30)26(25)28)35-12-4-3-5-23-27(35)32-24(17-31-23)36-20-8-6-19(7-9-20)34-15-13-33(2)14-16-34/h6-11,17-18H,3-5,12-16H2,1-2H3. The number of piperazine rings is 1. The molecule has 190 valence electrons. The first-order chi connectivity index (χ1) is 17.4. The van der Waals surface area contributed by atoms with Gasteiger partial charge in [-0.3, -0.25) is 4.98 Å². The first-order valence-electron chi connectivity index (χ1n) is 12.4. The molecule has 1 unspecified atom stereocenters. The van der Waals surface area contributed by atoms with E-state index in [0.717, 1.165) is 69.0 Å². The Morgan fingerprint density at radius 2 is 1.67 bits per heavy atom. The Hall–Kier alpha value is -2.97. The molecule has 2 aliphatic rings. The van der Waals surface area contributed by atoms with Crippen molar-refractivity contribution in [2.45, 2.75) is 32.2 Å². The molecular formula is C27H30ClF2N5O. The molecule has 36 heavy (non-hydrogen) atoms. The zero-order chi connectivity index (χ0) is 25.2. The second-order valence-electron chi connectivity index (χ2n) is 9.45. The average Bonchev–Trinajstić information content (AvgIpc) is 3.10. The highest BCUT2D eigenvalue weighted by Gasteiger charge is 2.28. The van der Waals surface area contributed by atoms with Crippen LogP contribution in [-0.2, 0) is 6.42 Å². The molecule has 0 bridgehead atoms. The van der Waals surface area contributed by atoms with E-state index in [0.29, 0.717) is 24.0 Å². The Kier molecular flexibility index (Phi) is 7.25. The number of ether oxygens (including phenoxy) is 1. The van der Waals surface area contributed by atoms with E-state index in [4.69, 9.17) is 21.3 Å². The van der Waals surface area contributed by atoms with E-state index < -0.39 is 17.7 Å².